The lowest BCUT2D eigenvalue weighted by atomic mass is 9.82. The molecule has 1 saturated heterocycles. The maximum absolute atomic E-state index is 5.75. The molecule has 17 heavy (non-hydrogen) atoms. The quantitative estimate of drug-likeness (QED) is 0.834. The lowest BCUT2D eigenvalue weighted by Gasteiger charge is -2.33. The van der Waals surface area contributed by atoms with Crippen molar-refractivity contribution in [2.75, 3.05) is 30.8 Å². The molecule has 0 aromatic carbocycles. The highest BCUT2D eigenvalue weighted by Crippen LogP contribution is 2.30. The van der Waals surface area contributed by atoms with E-state index in [-0.39, 0.29) is 5.41 Å². The minimum Gasteiger partial charge on any atom is -0.383 e. The lowest BCUT2D eigenvalue weighted by Crippen LogP contribution is -2.33. The van der Waals surface area contributed by atoms with E-state index in [2.05, 4.69) is 22.2 Å². The van der Waals surface area contributed by atoms with Gasteiger partial charge in [-0.3, -0.25) is 0 Å². The molecule has 0 aliphatic carbocycles. The van der Waals surface area contributed by atoms with Gasteiger partial charge in [-0.1, -0.05) is 6.92 Å². The van der Waals surface area contributed by atoms with Crippen molar-refractivity contribution in [3.63, 3.8) is 0 Å². The van der Waals surface area contributed by atoms with Crippen LogP contribution in [0.3, 0.4) is 0 Å². The number of ether oxygens (including phenoxy) is 1. The second kappa shape index (κ2) is 4.87. The Bertz CT molecular complexity index is 388. The van der Waals surface area contributed by atoms with E-state index in [0.717, 1.165) is 44.0 Å². The summed E-state index contributed by atoms with van der Waals surface area (Å²) in [7, 11) is 0. The minimum absolute atomic E-state index is 0.282. The van der Waals surface area contributed by atoms with E-state index in [0.29, 0.717) is 5.82 Å². The molecule has 0 unspecified atom stereocenters. The van der Waals surface area contributed by atoms with Crippen LogP contribution < -0.4 is 11.1 Å². The van der Waals surface area contributed by atoms with Gasteiger partial charge in [0.2, 0.25) is 0 Å². The standard InChI is InChI=1S/C12H20N4O/c1-9-10(13)15-8-16-11(9)14-7-12(2)3-5-17-6-4-12/h8H,3-7H2,1-2H3,(H3,13,14,15,16). The van der Waals surface area contributed by atoms with Crippen molar-refractivity contribution in [1.29, 1.82) is 0 Å². The average Bonchev–Trinajstić information content (AvgIpc) is 2.32. The van der Waals surface area contributed by atoms with Gasteiger partial charge in [-0.25, -0.2) is 9.97 Å². The van der Waals surface area contributed by atoms with Crippen LogP contribution in [0.5, 0.6) is 0 Å². The Hall–Kier alpha value is -1.36. The first kappa shape index (κ1) is 12.1. The molecule has 2 heterocycles. The Labute approximate surface area is 102 Å². The van der Waals surface area contributed by atoms with Gasteiger partial charge >= 0.3 is 0 Å². The Kier molecular flexibility index (Phi) is 3.47. The van der Waals surface area contributed by atoms with Crippen LogP contribution >= 0.6 is 0 Å². The number of hydrogen-bond acceptors (Lipinski definition) is 5. The molecular weight excluding hydrogens is 216 g/mol. The molecule has 0 spiro atoms. The Morgan fingerprint density at radius 1 is 1.41 bits per heavy atom. The first-order valence-corrected chi connectivity index (χ1v) is 5.99. The smallest absolute Gasteiger partial charge is 0.134 e. The summed E-state index contributed by atoms with van der Waals surface area (Å²) in [5, 5.41) is 3.38. The molecule has 5 heteroatoms. The molecule has 5 nitrogen and oxygen atoms in total. The Morgan fingerprint density at radius 2 is 2.12 bits per heavy atom. The second-order valence-corrected chi connectivity index (χ2v) is 5.01. The maximum atomic E-state index is 5.75. The summed E-state index contributed by atoms with van der Waals surface area (Å²) in [6, 6.07) is 0. The topological polar surface area (TPSA) is 73.1 Å². The van der Waals surface area contributed by atoms with Gasteiger partial charge in [0.05, 0.1) is 0 Å². The van der Waals surface area contributed by atoms with Gasteiger partial charge in [-0.05, 0) is 25.2 Å². The summed E-state index contributed by atoms with van der Waals surface area (Å²) in [5.41, 5.74) is 6.95. The number of aromatic nitrogens is 2. The van der Waals surface area contributed by atoms with Crippen LogP contribution in [-0.4, -0.2) is 29.7 Å². The van der Waals surface area contributed by atoms with Gasteiger partial charge in [0, 0.05) is 25.3 Å². The summed E-state index contributed by atoms with van der Waals surface area (Å²) in [4.78, 5) is 8.18. The van der Waals surface area contributed by atoms with Crippen LogP contribution in [0, 0.1) is 12.3 Å². The minimum atomic E-state index is 0.282. The van der Waals surface area contributed by atoms with E-state index in [4.69, 9.17) is 10.5 Å². The molecule has 1 aliphatic heterocycles. The van der Waals surface area contributed by atoms with Gasteiger partial charge in [0.1, 0.15) is 18.0 Å². The highest BCUT2D eigenvalue weighted by Gasteiger charge is 2.27. The van der Waals surface area contributed by atoms with E-state index in [9.17, 15) is 0 Å². The summed E-state index contributed by atoms with van der Waals surface area (Å²) in [6.45, 7) is 6.81. The molecule has 1 aromatic heterocycles. The molecule has 94 valence electrons. The van der Waals surface area contributed by atoms with Crippen LogP contribution in [0.15, 0.2) is 6.33 Å². The van der Waals surface area contributed by atoms with Gasteiger partial charge < -0.3 is 15.8 Å². The number of hydrogen-bond donors (Lipinski definition) is 2. The molecule has 1 aliphatic rings. The number of rotatable bonds is 3. The molecule has 0 bridgehead atoms. The Morgan fingerprint density at radius 3 is 2.82 bits per heavy atom. The van der Waals surface area contributed by atoms with E-state index >= 15 is 0 Å². The van der Waals surface area contributed by atoms with Crippen LogP contribution in [0.4, 0.5) is 11.6 Å². The average molecular weight is 236 g/mol. The van der Waals surface area contributed by atoms with E-state index < -0.39 is 0 Å². The first-order valence-electron chi connectivity index (χ1n) is 5.99. The third-order valence-electron chi connectivity index (χ3n) is 3.51. The molecule has 0 amide bonds. The lowest BCUT2D eigenvalue weighted by molar-refractivity contribution is 0.0299. The zero-order chi connectivity index (χ0) is 12.3. The summed E-state index contributed by atoms with van der Waals surface area (Å²) >= 11 is 0. The number of nitrogens with zero attached hydrogens (tertiary/aromatic N) is 2. The second-order valence-electron chi connectivity index (χ2n) is 5.01. The van der Waals surface area contributed by atoms with Crippen molar-refractivity contribution in [2.45, 2.75) is 26.7 Å². The molecule has 1 aromatic rings. The molecule has 2 rings (SSSR count). The maximum Gasteiger partial charge on any atom is 0.134 e. The van der Waals surface area contributed by atoms with E-state index in [1.54, 1.807) is 0 Å². The number of nitrogens with one attached hydrogen (secondary N) is 1. The van der Waals surface area contributed by atoms with Crippen LogP contribution in [0.2, 0.25) is 0 Å². The fourth-order valence-electron chi connectivity index (χ4n) is 1.98. The zero-order valence-corrected chi connectivity index (χ0v) is 10.5. The van der Waals surface area contributed by atoms with Gasteiger partial charge in [-0.2, -0.15) is 0 Å². The van der Waals surface area contributed by atoms with Crippen LogP contribution in [0.25, 0.3) is 0 Å². The van der Waals surface area contributed by atoms with Crippen molar-refractivity contribution in [3.05, 3.63) is 11.9 Å². The molecule has 0 saturated carbocycles. The van der Waals surface area contributed by atoms with Gasteiger partial charge in [0.25, 0.3) is 0 Å². The van der Waals surface area contributed by atoms with Crippen molar-refractivity contribution in [1.82, 2.24) is 9.97 Å². The molecule has 0 radical (unpaired) electrons. The van der Waals surface area contributed by atoms with Crippen molar-refractivity contribution >= 4 is 11.6 Å². The highest BCUT2D eigenvalue weighted by atomic mass is 16.5. The summed E-state index contributed by atoms with van der Waals surface area (Å²) in [5.74, 6) is 1.38. The van der Waals surface area contributed by atoms with E-state index in [1.807, 2.05) is 6.92 Å². The molecular formula is C12H20N4O. The third-order valence-corrected chi connectivity index (χ3v) is 3.51. The van der Waals surface area contributed by atoms with E-state index in [1.165, 1.54) is 6.33 Å². The van der Waals surface area contributed by atoms with Gasteiger partial charge in [0.15, 0.2) is 0 Å². The number of nitrogen functional groups attached to an aromatic ring is 1. The Balaban J connectivity index is 1.99. The molecule has 0 atom stereocenters. The largest absolute Gasteiger partial charge is 0.383 e. The summed E-state index contributed by atoms with van der Waals surface area (Å²) < 4.78 is 5.39. The van der Waals surface area contributed by atoms with Crippen molar-refractivity contribution in [2.24, 2.45) is 5.41 Å². The normalized spacial score (nSPS) is 18.9. The number of anilines is 2. The van der Waals surface area contributed by atoms with Gasteiger partial charge in [-0.15, -0.1) is 0 Å². The predicted octanol–water partition coefficient (Wildman–Crippen LogP) is 1.60. The van der Waals surface area contributed by atoms with Crippen molar-refractivity contribution < 1.29 is 4.74 Å². The molecule has 3 N–H and O–H groups in total. The predicted molar refractivity (Wildman–Crippen MR) is 67.8 cm³/mol. The zero-order valence-electron chi connectivity index (χ0n) is 10.5. The van der Waals surface area contributed by atoms with Crippen LogP contribution in [0.1, 0.15) is 25.3 Å². The fraction of sp³-hybridized carbons (Fsp3) is 0.667. The van der Waals surface area contributed by atoms with Crippen LogP contribution in [-0.2, 0) is 4.74 Å². The molecule has 1 fully saturated rings. The summed E-state index contributed by atoms with van der Waals surface area (Å²) in [6.07, 6.45) is 3.66. The number of nitrogens with two attached hydrogens (primary N) is 1. The first-order chi connectivity index (χ1) is 8.11. The fourth-order valence-corrected chi connectivity index (χ4v) is 1.98. The van der Waals surface area contributed by atoms with Crippen molar-refractivity contribution in [3.8, 4) is 0 Å². The monoisotopic (exact) mass is 236 g/mol. The highest BCUT2D eigenvalue weighted by molar-refractivity contribution is 5.53. The third kappa shape index (κ3) is 2.85. The SMILES string of the molecule is Cc1c(N)ncnc1NCC1(C)CCOCC1.